The number of amides is 5. The number of aromatic nitrogens is 4. The SMILES string of the molecule is C.C.C=C[C@@H]1C[C@]1(NC(=O)[C@@H]1C[C@@H](Oc2cc(-c3csc(NC(C)C)n3)nc3cc(OC)ccc23)CN1)C(=O)NS(=O)(=O)C1CC1.C=C[C@@H]1C[C@]1(NC(=O)[C@@H]1C[C@@H](Oc2cc(-c3csc(NC(C)C)n3)nc3cc(OC)ccc23)CN1C(=O)OC(C)(C)C)C(=O)NS(=O)(=O)C1CC1.Cl. The summed E-state index contributed by atoms with van der Waals surface area (Å²) >= 11 is 2.96. The standard InChI is InChI=1S/C35H44N6O8S2.C30H36N6O6S2.2CH4.ClH/c1-8-20-16-35(20,31(43)40-51(45,46)23-10-11-23)39-30(42)28-14-22(17-41(28)33(44)49-34(4,5)6)48-29-15-26(27-18-50-32(38-27)36-19(2)3)37-25-13-21(47-7)9-12-24(25)29;1-5-17-13-30(17,28(38)36-44(39,40)20-7-8-20)35-27(37)24-11-19(14-31-24)42-26-12-23(25-15-43-29(34-25)32-16(2)3)33-22-10-18(41-4)6-9-21(22)26;;;/h8-9,12-13,15,18-20,22-23,28H,1,10-11,14,16-17H2,2-7H3,(H,36,38)(H,39,42)(H,40,43);5-6,9-10,12,15-17,19-20,24,31H,1,7-8,11,13-14H2,2-4H3,(H,32,34)(H,35,37)(H,36,38);2*1H4;1H/t20-,22-,28+,35-;17-,19-,24+,30-;;;/m11.../s1. The third-order valence-electron chi connectivity index (χ3n) is 17.0. The van der Waals surface area contributed by atoms with Crippen LogP contribution in [0.5, 0.6) is 23.0 Å². The van der Waals surface area contributed by atoms with Gasteiger partial charge in [0, 0.05) is 89.1 Å². The molecule has 7 N–H and O–H groups in total. The molecule has 6 aromatic rings. The molecule has 0 radical (unpaired) electrons. The van der Waals surface area contributed by atoms with Crippen LogP contribution in [0.2, 0.25) is 0 Å². The number of anilines is 2. The van der Waals surface area contributed by atoms with Crippen molar-refractivity contribution in [2.45, 2.75) is 178 Å². The van der Waals surface area contributed by atoms with Crippen molar-refractivity contribution in [1.82, 2.24) is 50.2 Å². The van der Waals surface area contributed by atoms with Crippen molar-refractivity contribution in [2.75, 3.05) is 37.9 Å². The van der Waals surface area contributed by atoms with Gasteiger partial charge in [-0.25, -0.2) is 41.6 Å². The lowest BCUT2D eigenvalue weighted by Gasteiger charge is -2.29. The normalized spacial score (nSPS) is 23.1. The fraction of sp³-hybridized carbons (Fsp3) is 0.507. The molecule has 5 amide bonds. The summed E-state index contributed by atoms with van der Waals surface area (Å²) in [6.45, 7) is 21.2. The van der Waals surface area contributed by atoms with Crippen LogP contribution < -0.4 is 55.0 Å². The summed E-state index contributed by atoms with van der Waals surface area (Å²) in [6.07, 6.45) is 4.23. The number of rotatable bonds is 24. The van der Waals surface area contributed by atoms with Crippen molar-refractivity contribution in [1.29, 1.82) is 0 Å². The zero-order valence-corrected chi connectivity index (χ0v) is 58.8. The van der Waals surface area contributed by atoms with Crippen LogP contribution in [-0.2, 0) is 44.0 Å². The van der Waals surface area contributed by atoms with E-state index in [0.29, 0.717) is 107 Å². The second kappa shape index (κ2) is 29.9. The van der Waals surface area contributed by atoms with E-state index in [0.717, 1.165) is 15.6 Å². The number of thiazole rings is 2. The van der Waals surface area contributed by atoms with Gasteiger partial charge in [0.05, 0.1) is 59.7 Å². The zero-order valence-electron chi connectivity index (χ0n) is 54.7. The first-order valence-electron chi connectivity index (χ1n) is 31.5. The second-order valence-electron chi connectivity index (χ2n) is 26.4. The van der Waals surface area contributed by atoms with Gasteiger partial charge in [0.1, 0.15) is 69.3 Å². The van der Waals surface area contributed by atoms with Crippen molar-refractivity contribution in [3.8, 4) is 45.8 Å². The summed E-state index contributed by atoms with van der Waals surface area (Å²) in [4.78, 5) is 87.7. The van der Waals surface area contributed by atoms with E-state index in [-0.39, 0.29) is 70.8 Å². The number of sulfonamides is 2. The molecule has 98 heavy (non-hydrogen) atoms. The van der Waals surface area contributed by atoms with Gasteiger partial charge in [-0.1, -0.05) is 27.0 Å². The Hall–Kier alpha value is -7.90. The molecule has 2 aliphatic heterocycles. The van der Waals surface area contributed by atoms with Crippen LogP contribution in [-0.4, -0.2) is 162 Å². The third kappa shape index (κ3) is 17.0. The molecule has 12 rings (SSSR count). The molecule has 31 heteroatoms. The fourth-order valence-electron chi connectivity index (χ4n) is 11.5. The van der Waals surface area contributed by atoms with Crippen LogP contribution in [0.1, 0.15) is 115 Å². The maximum atomic E-state index is 14.0. The summed E-state index contributed by atoms with van der Waals surface area (Å²) in [7, 11) is -4.45. The highest BCUT2D eigenvalue weighted by Gasteiger charge is 2.63. The molecule has 0 unspecified atom stereocenters. The Morgan fingerprint density at radius 3 is 1.51 bits per heavy atom. The maximum absolute atomic E-state index is 14.0. The highest BCUT2D eigenvalue weighted by molar-refractivity contribution is 7.91. The minimum atomic E-state index is -3.86. The number of likely N-dealkylation sites (tertiary alicyclic amines) is 1. The lowest BCUT2D eigenvalue weighted by Crippen LogP contribution is -2.56. The summed E-state index contributed by atoms with van der Waals surface area (Å²) in [5, 5.41) is 21.1. The van der Waals surface area contributed by atoms with Crippen LogP contribution >= 0.6 is 35.1 Å². The molecule has 2 saturated heterocycles. The first-order valence-corrected chi connectivity index (χ1v) is 36.4. The number of nitrogens with zero attached hydrogens (tertiary/aromatic N) is 5. The van der Waals surface area contributed by atoms with E-state index in [9.17, 15) is 40.8 Å². The first-order chi connectivity index (χ1) is 45.0. The Morgan fingerprint density at radius 1 is 0.653 bits per heavy atom. The molecule has 4 saturated carbocycles. The van der Waals surface area contributed by atoms with Gasteiger partial charge in [-0.05, 0) is 111 Å². The number of nitrogens with one attached hydrogen (secondary N) is 7. The lowest BCUT2D eigenvalue weighted by atomic mass is 10.1. The Morgan fingerprint density at radius 2 is 1.10 bits per heavy atom. The number of ether oxygens (including phenoxy) is 5. The van der Waals surface area contributed by atoms with Gasteiger partial charge in [0.2, 0.25) is 31.9 Å². The van der Waals surface area contributed by atoms with Crippen molar-refractivity contribution >= 4 is 117 Å². The van der Waals surface area contributed by atoms with Gasteiger partial charge in [-0.3, -0.25) is 33.5 Å². The van der Waals surface area contributed by atoms with Crippen molar-refractivity contribution in [3.63, 3.8) is 0 Å². The van der Waals surface area contributed by atoms with Crippen molar-refractivity contribution in [2.24, 2.45) is 11.8 Å². The van der Waals surface area contributed by atoms with E-state index in [1.165, 1.54) is 33.6 Å². The van der Waals surface area contributed by atoms with E-state index in [2.05, 4.69) is 49.2 Å². The summed E-state index contributed by atoms with van der Waals surface area (Å²) in [6, 6.07) is 13.3. The van der Waals surface area contributed by atoms with Gasteiger partial charge in [-0.15, -0.1) is 48.2 Å². The predicted octanol–water partition coefficient (Wildman–Crippen LogP) is 9.27. The molecule has 4 aromatic heterocycles. The highest BCUT2D eigenvalue weighted by Crippen LogP contribution is 2.47. The first kappa shape index (κ1) is 75.9. The maximum Gasteiger partial charge on any atom is 0.411 e. The van der Waals surface area contributed by atoms with Gasteiger partial charge in [0.15, 0.2) is 10.3 Å². The second-order valence-corrected chi connectivity index (χ2v) is 32.0. The molecular formula is C67H89ClN12O14S4. The zero-order chi connectivity index (χ0) is 68.1. The predicted molar refractivity (Wildman–Crippen MR) is 382 cm³/mol. The molecular weight excluding hydrogens is 1360 g/mol. The largest absolute Gasteiger partial charge is 0.497 e. The number of hydrogen-bond donors (Lipinski definition) is 7. The fourth-order valence-corrected chi connectivity index (χ4v) is 16.0. The van der Waals surface area contributed by atoms with Gasteiger partial charge < -0.3 is 50.3 Å². The number of hydrogen-bond acceptors (Lipinski definition) is 23. The van der Waals surface area contributed by atoms with E-state index in [1.54, 1.807) is 59.3 Å². The molecule has 0 spiro atoms. The quantitative estimate of drug-likeness (QED) is 0.0277. The molecule has 2 aromatic carbocycles. The van der Waals surface area contributed by atoms with E-state index in [4.69, 9.17) is 43.6 Å². The molecule has 6 fully saturated rings. The van der Waals surface area contributed by atoms with Crippen molar-refractivity contribution < 1.29 is 64.5 Å². The molecule has 0 bridgehead atoms. The summed E-state index contributed by atoms with van der Waals surface area (Å²) in [5.41, 5.74) is 0.156. The monoisotopic (exact) mass is 1450 g/mol. The number of carbonyl (C=O) groups excluding carboxylic acids is 5. The topological polar surface area (TPSA) is 339 Å². The third-order valence-corrected chi connectivity index (χ3v) is 22.2. The number of halogens is 1. The van der Waals surface area contributed by atoms with Crippen LogP contribution in [0.15, 0.2) is 84.6 Å². The van der Waals surface area contributed by atoms with E-state index in [1.807, 2.05) is 68.8 Å². The van der Waals surface area contributed by atoms with E-state index >= 15 is 0 Å². The Balaban J connectivity index is 0.000000245. The number of fused-ring (bicyclic) bond motifs is 2. The molecule has 26 nitrogen and oxygen atoms in total. The Kier molecular flexibility index (Phi) is 23.1. The summed E-state index contributed by atoms with van der Waals surface area (Å²) in [5.74, 6) is -1.06. The number of methoxy groups -OCH3 is 2. The van der Waals surface area contributed by atoms with Gasteiger partial charge in [0.25, 0.3) is 11.8 Å². The average Bonchev–Trinajstić information content (AvgIpc) is 1.58. The van der Waals surface area contributed by atoms with Gasteiger partial charge >= 0.3 is 6.09 Å². The number of benzene rings is 2. The Bertz CT molecular complexity index is 4230. The van der Waals surface area contributed by atoms with Crippen LogP contribution in [0.4, 0.5) is 15.1 Å². The highest BCUT2D eigenvalue weighted by atomic mass is 35.5. The smallest absolute Gasteiger partial charge is 0.411 e. The minimum absolute atomic E-state index is 0. The molecule has 6 aliphatic rings. The van der Waals surface area contributed by atoms with Crippen LogP contribution in [0.25, 0.3) is 44.6 Å². The molecule has 4 aliphatic carbocycles. The molecule has 532 valence electrons. The number of pyridine rings is 2. The van der Waals surface area contributed by atoms with E-state index < -0.39 is 101 Å². The number of carbonyl (C=O) groups is 5. The lowest BCUT2D eigenvalue weighted by molar-refractivity contribution is -0.131. The minimum Gasteiger partial charge on any atom is -0.497 e. The van der Waals surface area contributed by atoms with Crippen LogP contribution in [0.3, 0.4) is 0 Å². The average molecular weight is 1450 g/mol. The molecule has 8 atom stereocenters. The van der Waals surface area contributed by atoms with Crippen LogP contribution in [0, 0.1) is 11.8 Å². The van der Waals surface area contributed by atoms with Gasteiger partial charge in [-0.2, -0.15) is 0 Å². The Labute approximate surface area is 586 Å². The molecule has 6 heterocycles. The summed E-state index contributed by atoms with van der Waals surface area (Å²) < 4.78 is 84.0. The van der Waals surface area contributed by atoms with Crippen molar-refractivity contribution in [3.05, 3.63) is 84.6 Å².